The van der Waals surface area contributed by atoms with Crippen LogP contribution in [-0.2, 0) is 20.4 Å². The van der Waals surface area contributed by atoms with E-state index in [1.165, 1.54) is 18.2 Å². The molecule has 196 valence electrons. The Bertz CT molecular complexity index is 1110. The number of amides is 2. The maximum atomic E-state index is 12.9. The summed E-state index contributed by atoms with van der Waals surface area (Å²) in [6.45, 7) is -0.364. The van der Waals surface area contributed by atoms with Gasteiger partial charge in [-0.25, -0.2) is 4.98 Å². The molecule has 13 heteroatoms. The number of pyridine rings is 1. The number of nitrogens with zero attached hydrogens (tertiary/aromatic N) is 1. The van der Waals surface area contributed by atoms with Gasteiger partial charge >= 0.3 is 12.5 Å². The van der Waals surface area contributed by atoms with Crippen molar-refractivity contribution in [2.24, 2.45) is 5.92 Å². The van der Waals surface area contributed by atoms with E-state index in [4.69, 9.17) is 4.74 Å². The quantitative estimate of drug-likeness (QED) is 0.564. The zero-order valence-corrected chi connectivity index (χ0v) is 18.8. The molecule has 1 aliphatic heterocycles. The van der Waals surface area contributed by atoms with Crippen molar-refractivity contribution < 1.29 is 45.4 Å². The van der Waals surface area contributed by atoms with E-state index >= 15 is 0 Å². The summed E-state index contributed by atoms with van der Waals surface area (Å²) >= 11 is 0. The lowest BCUT2D eigenvalue weighted by Crippen LogP contribution is -2.52. The highest BCUT2D eigenvalue weighted by atomic mass is 19.4. The fraction of sp³-hybridized carbons (Fsp3) is 0.522. The predicted octanol–water partition coefficient (Wildman–Crippen LogP) is 3.96. The number of rotatable bonds is 6. The maximum Gasteiger partial charge on any atom is 0.522 e. The molecule has 1 saturated carbocycles. The zero-order valence-electron chi connectivity index (χ0n) is 18.8. The maximum absolute atomic E-state index is 12.9. The summed E-state index contributed by atoms with van der Waals surface area (Å²) in [6.07, 6.45) is -8.32. The third-order valence-corrected chi connectivity index (χ3v) is 6.22. The van der Waals surface area contributed by atoms with Crippen LogP contribution >= 0.6 is 0 Å². The molecule has 36 heavy (non-hydrogen) atoms. The first-order valence-corrected chi connectivity index (χ1v) is 11.3. The van der Waals surface area contributed by atoms with E-state index in [0.717, 1.165) is 12.1 Å². The van der Waals surface area contributed by atoms with Crippen LogP contribution in [0.3, 0.4) is 0 Å². The van der Waals surface area contributed by atoms with Gasteiger partial charge < -0.3 is 15.4 Å². The highest BCUT2D eigenvalue weighted by molar-refractivity contribution is 5.95. The molecule has 2 N–H and O–H groups in total. The molecule has 0 unspecified atom stereocenters. The van der Waals surface area contributed by atoms with Gasteiger partial charge in [-0.05, 0) is 55.9 Å². The highest BCUT2D eigenvalue weighted by Crippen LogP contribution is 2.32. The average Bonchev–Trinajstić information content (AvgIpc) is 2.78. The van der Waals surface area contributed by atoms with Crippen LogP contribution in [0.15, 0.2) is 30.3 Å². The number of hydrogen-bond acceptors (Lipinski definition) is 5. The lowest BCUT2D eigenvalue weighted by atomic mass is 9.80. The van der Waals surface area contributed by atoms with E-state index in [1.807, 2.05) is 0 Å². The summed E-state index contributed by atoms with van der Waals surface area (Å²) in [6, 6.07) is 5.18. The van der Waals surface area contributed by atoms with Gasteiger partial charge in [-0.1, -0.05) is 6.07 Å². The topological polar surface area (TPSA) is 89.6 Å². The first kappa shape index (κ1) is 26.1. The van der Waals surface area contributed by atoms with Crippen molar-refractivity contribution in [1.29, 1.82) is 0 Å². The molecule has 1 aromatic heterocycles. The van der Waals surface area contributed by atoms with Crippen LogP contribution in [0.4, 0.5) is 26.3 Å². The van der Waals surface area contributed by atoms with Crippen LogP contribution in [0.5, 0.6) is 0 Å². The van der Waals surface area contributed by atoms with Crippen LogP contribution in [0.2, 0.25) is 0 Å². The summed E-state index contributed by atoms with van der Waals surface area (Å²) < 4.78 is 84.2. The molecule has 2 heterocycles. The number of alkyl halides is 6. The molecule has 0 bridgehead atoms. The van der Waals surface area contributed by atoms with Crippen LogP contribution in [0.1, 0.15) is 41.7 Å². The second kappa shape index (κ2) is 10.2. The van der Waals surface area contributed by atoms with E-state index in [2.05, 4.69) is 20.4 Å². The first-order valence-electron chi connectivity index (χ1n) is 11.3. The monoisotopic (exact) mass is 519 g/mol. The Morgan fingerprint density at radius 2 is 1.75 bits per heavy atom. The second-order valence-electron chi connectivity index (χ2n) is 8.97. The van der Waals surface area contributed by atoms with Gasteiger partial charge in [0.2, 0.25) is 5.91 Å². The minimum Gasteiger partial charge on any atom is -0.366 e. The fourth-order valence-corrected chi connectivity index (χ4v) is 4.26. The number of hydrogen-bond donors (Lipinski definition) is 2. The Kier molecular flexibility index (Phi) is 7.41. The SMILES string of the molecule is O=C(N[C@@H]1CC[C@@H](C(=O)NC2CC(COC(F)(F)F)C2)OC1)c1ccc2cc(C(F)(F)F)ccc2n1. The summed E-state index contributed by atoms with van der Waals surface area (Å²) in [7, 11) is 0. The molecular weight excluding hydrogens is 496 g/mol. The summed E-state index contributed by atoms with van der Waals surface area (Å²) in [4.78, 5) is 29.1. The number of aromatic nitrogens is 1. The van der Waals surface area contributed by atoms with Crippen molar-refractivity contribution in [3.8, 4) is 0 Å². The van der Waals surface area contributed by atoms with Gasteiger partial charge in [0.25, 0.3) is 5.91 Å². The van der Waals surface area contributed by atoms with E-state index in [9.17, 15) is 35.9 Å². The lowest BCUT2D eigenvalue weighted by Gasteiger charge is -2.37. The minimum absolute atomic E-state index is 0.0381. The predicted molar refractivity (Wildman–Crippen MR) is 114 cm³/mol. The number of benzene rings is 1. The van der Waals surface area contributed by atoms with Crippen molar-refractivity contribution >= 4 is 22.7 Å². The normalized spacial score (nSPS) is 24.7. The van der Waals surface area contributed by atoms with Crippen molar-refractivity contribution in [2.75, 3.05) is 13.2 Å². The van der Waals surface area contributed by atoms with Gasteiger partial charge in [-0.3, -0.25) is 14.3 Å². The molecule has 0 spiro atoms. The zero-order chi connectivity index (χ0) is 26.1. The van der Waals surface area contributed by atoms with E-state index in [1.54, 1.807) is 0 Å². The number of ether oxygens (including phenoxy) is 2. The third kappa shape index (κ3) is 6.64. The van der Waals surface area contributed by atoms with E-state index in [0.29, 0.717) is 25.7 Å². The van der Waals surface area contributed by atoms with Crippen molar-refractivity contribution in [1.82, 2.24) is 15.6 Å². The summed E-state index contributed by atoms with van der Waals surface area (Å²) in [5.41, 5.74) is -0.522. The Morgan fingerprint density at radius 1 is 1.00 bits per heavy atom. The van der Waals surface area contributed by atoms with E-state index < -0.39 is 36.7 Å². The van der Waals surface area contributed by atoms with Crippen LogP contribution in [0, 0.1) is 5.92 Å². The molecule has 2 aromatic rings. The molecule has 1 saturated heterocycles. The molecule has 1 aromatic carbocycles. The lowest BCUT2D eigenvalue weighted by molar-refractivity contribution is -0.330. The van der Waals surface area contributed by atoms with Gasteiger partial charge in [0.05, 0.1) is 30.3 Å². The first-order chi connectivity index (χ1) is 16.9. The molecule has 1 aliphatic carbocycles. The molecule has 2 atom stereocenters. The van der Waals surface area contributed by atoms with Gasteiger partial charge in [0.15, 0.2) is 0 Å². The Morgan fingerprint density at radius 3 is 2.39 bits per heavy atom. The largest absolute Gasteiger partial charge is 0.522 e. The average molecular weight is 519 g/mol. The second-order valence-corrected chi connectivity index (χ2v) is 8.97. The number of carbonyl (C=O) groups excluding carboxylic acids is 2. The Balaban J connectivity index is 1.21. The number of halogens is 6. The van der Waals surface area contributed by atoms with Crippen LogP contribution in [-0.4, -0.2) is 54.6 Å². The number of fused-ring (bicyclic) bond motifs is 1. The summed E-state index contributed by atoms with van der Waals surface area (Å²) in [5, 5.41) is 5.75. The fourth-order valence-electron chi connectivity index (χ4n) is 4.26. The molecule has 2 aliphatic rings. The van der Waals surface area contributed by atoms with Crippen LogP contribution < -0.4 is 10.6 Å². The molecule has 4 rings (SSSR count). The van der Waals surface area contributed by atoms with Crippen molar-refractivity contribution in [3.05, 3.63) is 41.6 Å². The number of nitrogens with one attached hydrogen (secondary N) is 2. The molecular formula is C23H23F6N3O4. The summed E-state index contributed by atoms with van der Waals surface area (Å²) in [5.74, 6) is -1.14. The molecule has 2 amide bonds. The molecule has 7 nitrogen and oxygen atoms in total. The van der Waals surface area contributed by atoms with Gasteiger partial charge in [-0.2, -0.15) is 13.2 Å². The standard InChI is InChI=1S/C23H23F6N3O4/c24-22(25,26)14-2-5-17-13(9-14)1-4-18(32-17)20(33)30-15-3-6-19(35-11-15)21(34)31-16-7-12(8-16)10-36-23(27,28)29/h1-2,4-5,9,12,15-16,19H,3,6-8,10-11H2,(H,30,33)(H,31,34)/t12?,15-,16?,19+/m1/s1. The van der Waals surface area contributed by atoms with Gasteiger partial charge in [-0.15, -0.1) is 13.2 Å². The third-order valence-electron chi connectivity index (χ3n) is 6.22. The smallest absolute Gasteiger partial charge is 0.366 e. The van der Waals surface area contributed by atoms with Gasteiger partial charge in [0.1, 0.15) is 11.8 Å². The highest BCUT2D eigenvalue weighted by Gasteiger charge is 2.37. The van der Waals surface area contributed by atoms with Crippen LogP contribution in [0.25, 0.3) is 10.9 Å². The van der Waals surface area contributed by atoms with Gasteiger partial charge in [0, 0.05) is 11.4 Å². The minimum atomic E-state index is -4.67. The Labute approximate surface area is 201 Å². The number of carbonyl (C=O) groups is 2. The molecule has 0 radical (unpaired) electrons. The van der Waals surface area contributed by atoms with Crippen molar-refractivity contribution in [3.63, 3.8) is 0 Å². The molecule has 2 fully saturated rings. The van der Waals surface area contributed by atoms with E-state index in [-0.39, 0.29) is 47.1 Å². The van der Waals surface area contributed by atoms with Crippen molar-refractivity contribution in [2.45, 2.75) is 56.4 Å². The Hall–Kier alpha value is -2.93.